The van der Waals surface area contributed by atoms with Crippen LogP contribution in [0.25, 0.3) is 0 Å². The van der Waals surface area contributed by atoms with Crippen LogP contribution in [0.5, 0.6) is 0 Å². The molecule has 0 aliphatic carbocycles. The van der Waals surface area contributed by atoms with Crippen molar-refractivity contribution in [3.05, 3.63) is 59.7 Å². The number of nitrogen functional groups attached to an aromatic ring is 2. The number of hydrogen-bond donors (Lipinski definition) is 2. The molecule has 2 nitrogen and oxygen atoms in total. The van der Waals surface area contributed by atoms with E-state index >= 15 is 0 Å². The Bertz CT molecular complexity index is 480. The van der Waals surface area contributed by atoms with E-state index in [-0.39, 0.29) is 0 Å². The molecule has 2 aromatic carbocycles. The summed E-state index contributed by atoms with van der Waals surface area (Å²) in [4.78, 5) is 0. The summed E-state index contributed by atoms with van der Waals surface area (Å²) in [5, 5.41) is 0. The average molecular weight is 258 g/mol. The van der Waals surface area contributed by atoms with E-state index in [1.807, 2.05) is 36.4 Å². The van der Waals surface area contributed by atoms with Crippen LogP contribution in [0.4, 0.5) is 11.4 Å². The molecule has 0 spiro atoms. The molecule has 0 radical (unpaired) electrons. The van der Waals surface area contributed by atoms with Gasteiger partial charge in [0.15, 0.2) is 0 Å². The van der Waals surface area contributed by atoms with Crippen molar-refractivity contribution in [1.82, 2.24) is 0 Å². The molecule has 3 heteroatoms. The van der Waals surface area contributed by atoms with Crippen LogP contribution in [0.15, 0.2) is 48.5 Å². The Hall–Kier alpha value is -1.53. The Kier molecular flexibility index (Phi) is 4.22. The topological polar surface area (TPSA) is 52.0 Å². The van der Waals surface area contributed by atoms with Crippen molar-refractivity contribution >= 4 is 20.6 Å². The Morgan fingerprint density at radius 3 is 1.78 bits per heavy atom. The Morgan fingerprint density at radius 1 is 0.889 bits per heavy atom. The fraction of sp³-hybridized carbons (Fsp3) is 0.200. The summed E-state index contributed by atoms with van der Waals surface area (Å²) in [7, 11) is 2.79. The van der Waals surface area contributed by atoms with E-state index in [9.17, 15) is 0 Å². The van der Waals surface area contributed by atoms with Crippen molar-refractivity contribution in [3.63, 3.8) is 0 Å². The number of anilines is 2. The molecule has 0 aliphatic rings. The number of hydrogen-bond acceptors (Lipinski definition) is 2. The van der Waals surface area contributed by atoms with Crippen molar-refractivity contribution in [2.75, 3.05) is 17.6 Å². The van der Waals surface area contributed by atoms with E-state index in [1.54, 1.807) is 0 Å². The van der Waals surface area contributed by atoms with Crippen molar-refractivity contribution in [2.45, 2.75) is 12.3 Å². The molecule has 2 rings (SSSR count). The maximum Gasteiger partial charge on any atom is 0.0316 e. The van der Waals surface area contributed by atoms with Gasteiger partial charge in [-0.15, -0.1) is 9.24 Å². The normalized spacial score (nSPS) is 10.8. The molecule has 0 aromatic heterocycles. The van der Waals surface area contributed by atoms with E-state index in [4.69, 9.17) is 11.5 Å². The van der Waals surface area contributed by atoms with E-state index in [0.29, 0.717) is 5.92 Å². The Morgan fingerprint density at radius 2 is 1.39 bits per heavy atom. The molecule has 0 heterocycles. The molecular formula is C15H19N2P. The van der Waals surface area contributed by atoms with Gasteiger partial charge >= 0.3 is 0 Å². The number of nitrogens with two attached hydrogens (primary N) is 2. The Labute approximate surface area is 111 Å². The van der Waals surface area contributed by atoms with E-state index in [1.165, 1.54) is 11.1 Å². The van der Waals surface area contributed by atoms with Crippen LogP contribution >= 0.6 is 9.24 Å². The third kappa shape index (κ3) is 3.02. The molecule has 0 bridgehead atoms. The third-order valence-electron chi connectivity index (χ3n) is 3.08. The number of benzene rings is 2. The minimum atomic E-state index is 0.356. The van der Waals surface area contributed by atoms with Gasteiger partial charge < -0.3 is 11.5 Å². The molecule has 0 aliphatic heterocycles. The zero-order valence-electron chi connectivity index (χ0n) is 10.3. The summed E-state index contributed by atoms with van der Waals surface area (Å²) >= 11 is 0. The quantitative estimate of drug-likeness (QED) is 0.653. The summed E-state index contributed by atoms with van der Waals surface area (Å²) in [5.74, 6) is 0.356. The fourth-order valence-electron chi connectivity index (χ4n) is 2.24. The van der Waals surface area contributed by atoms with Crippen molar-refractivity contribution in [1.29, 1.82) is 0 Å². The molecule has 0 saturated carbocycles. The first-order chi connectivity index (χ1) is 8.70. The highest BCUT2D eigenvalue weighted by molar-refractivity contribution is 7.16. The van der Waals surface area contributed by atoms with Gasteiger partial charge in [0.1, 0.15) is 0 Å². The molecule has 4 N–H and O–H groups in total. The highest BCUT2D eigenvalue weighted by Crippen LogP contribution is 2.30. The molecular weight excluding hydrogens is 239 g/mol. The third-order valence-corrected chi connectivity index (χ3v) is 3.41. The lowest BCUT2D eigenvalue weighted by Gasteiger charge is -2.18. The van der Waals surface area contributed by atoms with Gasteiger partial charge in [-0.2, -0.15) is 0 Å². The second-order valence-electron chi connectivity index (χ2n) is 4.47. The summed E-state index contributed by atoms with van der Waals surface area (Å²) in [6.07, 6.45) is 2.12. The van der Waals surface area contributed by atoms with Gasteiger partial charge in [0, 0.05) is 17.3 Å². The van der Waals surface area contributed by atoms with E-state index < -0.39 is 0 Å². The highest BCUT2D eigenvalue weighted by Gasteiger charge is 2.13. The lowest BCUT2D eigenvalue weighted by atomic mass is 9.88. The summed E-state index contributed by atoms with van der Waals surface area (Å²) in [6, 6.07) is 16.2. The molecule has 94 valence electrons. The lowest BCUT2D eigenvalue weighted by molar-refractivity contribution is 0.786. The first-order valence-corrected chi connectivity index (χ1v) is 6.93. The zero-order chi connectivity index (χ0) is 13.0. The van der Waals surface area contributed by atoms with Gasteiger partial charge in [0.05, 0.1) is 0 Å². The standard InChI is InChI=1S/C15H19N2P/c16-13-5-1-3-11(9-13)15(7-8-18)12-4-2-6-14(17)10-12/h1-6,9-10,15H,7-8,16-18H2. The molecule has 1 unspecified atom stereocenters. The van der Waals surface area contributed by atoms with Gasteiger partial charge in [-0.1, -0.05) is 24.3 Å². The first kappa shape index (κ1) is 12.9. The van der Waals surface area contributed by atoms with Crippen LogP contribution in [0, 0.1) is 0 Å². The predicted octanol–water partition coefficient (Wildman–Crippen LogP) is 3.25. The maximum atomic E-state index is 5.87. The molecule has 0 fully saturated rings. The Balaban J connectivity index is 2.39. The van der Waals surface area contributed by atoms with E-state index in [2.05, 4.69) is 21.4 Å². The van der Waals surface area contributed by atoms with Crippen LogP contribution in [0.1, 0.15) is 23.5 Å². The largest absolute Gasteiger partial charge is 0.399 e. The van der Waals surface area contributed by atoms with Crippen molar-refractivity contribution in [3.8, 4) is 0 Å². The summed E-state index contributed by atoms with van der Waals surface area (Å²) in [6.45, 7) is 0. The maximum absolute atomic E-state index is 5.87. The fourth-order valence-corrected chi connectivity index (χ4v) is 2.58. The zero-order valence-corrected chi connectivity index (χ0v) is 11.5. The van der Waals surface area contributed by atoms with Gasteiger partial charge in [0.25, 0.3) is 0 Å². The van der Waals surface area contributed by atoms with Crippen molar-refractivity contribution < 1.29 is 0 Å². The second kappa shape index (κ2) is 5.88. The van der Waals surface area contributed by atoms with Crippen LogP contribution < -0.4 is 11.5 Å². The van der Waals surface area contributed by atoms with Crippen LogP contribution in [0.2, 0.25) is 0 Å². The van der Waals surface area contributed by atoms with Crippen LogP contribution in [-0.4, -0.2) is 6.16 Å². The van der Waals surface area contributed by atoms with Crippen LogP contribution in [0.3, 0.4) is 0 Å². The van der Waals surface area contributed by atoms with Gasteiger partial charge in [-0.3, -0.25) is 0 Å². The van der Waals surface area contributed by atoms with Gasteiger partial charge in [0.2, 0.25) is 0 Å². The molecule has 18 heavy (non-hydrogen) atoms. The summed E-state index contributed by atoms with van der Waals surface area (Å²) in [5.41, 5.74) is 15.9. The van der Waals surface area contributed by atoms with Gasteiger partial charge in [-0.05, 0) is 48.0 Å². The summed E-state index contributed by atoms with van der Waals surface area (Å²) < 4.78 is 0. The average Bonchev–Trinajstić information content (AvgIpc) is 2.36. The minimum Gasteiger partial charge on any atom is -0.399 e. The SMILES string of the molecule is Nc1cccc(C(CCP)c2cccc(N)c2)c1. The lowest BCUT2D eigenvalue weighted by Crippen LogP contribution is -2.03. The predicted molar refractivity (Wildman–Crippen MR) is 82.7 cm³/mol. The number of rotatable bonds is 4. The smallest absolute Gasteiger partial charge is 0.0316 e. The monoisotopic (exact) mass is 258 g/mol. The molecule has 0 amide bonds. The second-order valence-corrected chi connectivity index (χ2v) is 5.05. The van der Waals surface area contributed by atoms with Gasteiger partial charge in [-0.25, -0.2) is 0 Å². The van der Waals surface area contributed by atoms with Crippen molar-refractivity contribution in [2.24, 2.45) is 0 Å². The minimum absolute atomic E-state index is 0.356. The first-order valence-electron chi connectivity index (χ1n) is 6.11. The van der Waals surface area contributed by atoms with Crippen LogP contribution in [-0.2, 0) is 0 Å². The molecule has 1 atom stereocenters. The van der Waals surface area contributed by atoms with E-state index in [0.717, 1.165) is 24.0 Å². The highest BCUT2D eigenvalue weighted by atomic mass is 31.0. The molecule has 2 aromatic rings. The molecule has 0 saturated heterocycles.